The van der Waals surface area contributed by atoms with Crippen LogP contribution in [0.15, 0.2) is 72.8 Å². The molecule has 0 aliphatic carbocycles. The van der Waals surface area contributed by atoms with Crippen LogP contribution in [0.5, 0.6) is 0 Å². The first-order valence-corrected chi connectivity index (χ1v) is 8.68. The molecular formula is C22H17FN2O2. The smallest absolute Gasteiger partial charge is 0.258 e. The third-order valence-electron chi connectivity index (χ3n) is 4.59. The number of amides is 2. The summed E-state index contributed by atoms with van der Waals surface area (Å²) in [5.41, 5.74) is 3.38. The van der Waals surface area contributed by atoms with Crippen molar-refractivity contribution in [2.75, 3.05) is 16.8 Å². The Bertz CT molecular complexity index is 1020. The van der Waals surface area contributed by atoms with Gasteiger partial charge in [-0.25, -0.2) is 4.39 Å². The van der Waals surface area contributed by atoms with Crippen LogP contribution in [0.1, 0.15) is 26.3 Å². The number of anilines is 2. The zero-order valence-electron chi connectivity index (χ0n) is 14.5. The average molecular weight is 360 g/mol. The second-order valence-electron chi connectivity index (χ2n) is 6.38. The summed E-state index contributed by atoms with van der Waals surface area (Å²) in [5.74, 6) is -0.859. The van der Waals surface area contributed by atoms with E-state index in [4.69, 9.17) is 0 Å². The predicted octanol–water partition coefficient (Wildman–Crippen LogP) is 4.28. The fourth-order valence-electron chi connectivity index (χ4n) is 3.26. The van der Waals surface area contributed by atoms with Crippen LogP contribution in [0.25, 0.3) is 0 Å². The molecule has 0 fully saturated rings. The summed E-state index contributed by atoms with van der Waals surface area (Å²) in [6.45, 7) is 0.602. The van der Waals surface area contributed by atoms with E-state index in [0.717, 1.165) is 17.7 Å². The Morgan fingerprint density at radius 3 is 2.44 bits per heavy atom. The van der Waals surface area contributed by atoms with Gasteiger partial charge in [-0.1, -0.05) is 24.3 Å². The summed E-state index contributed by atoms with van der Waals surface area (Å²) < 4.78 is 13.3. The monoisotopic (exact) mass is 360 g/mol. The molecule has 1 aliphatic heterocycles. The van der Waals surface area contributed by atoms with Crippen molar-refractivity contribution in [3.8, 4) is 0 Å². The maximum atomic E-state index is 13.3. The molecule has 1 heterocycles. The van der Waals surface area contributed by atoms with Gasteiger partial charge in [0.25, 0.3) is 11.8 Å². The first-order chi connectivity index (χ1) is 13.1. The van der Waals surface area contributed by atoms with Crippen LogP contribution in [0.4, 0.5) is 15.8 Å². The summed E-state index contributed by atoms with van der Waals surface area (Å²) in [7, 11) is 0. The molecule has 0 saturated carbocycles. The topological polar surface area (TPSA) is 49.4 Å². The van der Waals surface area contributed by atoms with E-state index in [1.165, 1.54) is 18.2 Å². The Morgan fingerprint density at radius 1 is 0.889 bits per heavy atom. The lowest BCUT2D eigenvalue weighted by molar-refractivity contribution is 0.0987. The van der Waals surface area contributed by atoms with E-state index < -0.39 is 5.82 Å². The normalized spacial score (nSPS) is 12.6. The van der Waals surface area contributed by atoms with E-state index in [0.29, 0.717) is 17.8 Å². The van der Waals surface area contributed by atoms with Crippen molar-refractivity contribution in [2.24, 2.45) is 0 Å². The Kier molecular flexibility index (Phi) is 4.42. The van der Waals surface area contributed by atoms with Gasteiger partial charge in [-0.15, -0.1) is 0 Å². The van der Waals surface area contributed by atoms with Gasteiger partial charge in [-0.05, 0) is 60.5 Å². The molecule has 0 spiro atoms. The number of nitrogens with one attached hydrogen (secondary N) is 1. The van der Waals surface area contributed by atoms with E-state index in [9.17, 15) is 14.0 Å². The van der Waals surface area contributed by atoms with E-state index >= 15 is 0 Å². The molecule has 1 N–H and O–H groups in total. The third kappa shape index (κ3) is 3.44. The quantitative estimate of drug-likeness (QED) is 0.758. The number of fused-ring (bicyclic) bond motifs is 1. The molecule has 1 aliphatic rings. The first-order valence-electron chi connectivity index (χ1n) is 8.68. The van der Waals surface area contributed by atoms with Gasteiger partial charge in [-0.3, -0.25) is 9.59 Å². The molecule has 0 saturated heterocycles. The van der Waals surface area contributed by atoms with Gasteiger partial charge in [0.2, 0.25) is 0 Å². The van der Waals surface area contributed by atoms with Gasteiger partial charge < -0.3 is 10.2 Å². The van der Waals surface area contributed by atoms with Crippen LogP contribution >= 0.6 is 0 Å². The summed E-state index contributed by atoms with van der Waals surface area (Å²) in [6, 6.07) is 20.2. The lowest BCUT2D eigenvalue weighted by atomic mass is 10.1. The highest BCUT2D eigenvalue weighted by Gasteiger charge is 2.25. The molecule has 134 valence electrons. The van der Waals surface area contributed by atoms with Gasteiger partial charge in [0, 0.05) is 29.0 Å². The molecule has 27 heavy (non-hydrogen) atoms. The average Bonchev–Trinajstić information content (AvgIpc) is 3.11. The number of hydrogen-bond acceptors (Lipinski definition) is 2. The zero-order chi connectivity index (χ0) is 18.8. The number of nitrogens with zero attached hydrogens (tertiary/aromatic N) is 1. The van der Waals surface area contributed by atoms with Crippen molar-refractivity contribution in [2.45, 2.75) is 6.42 Å². The van der Waals surface area contributed by atoms with Crippen LogP contribution in [-0.4, -0.2) is 18.4 Å². The van der Waals surface area contributed by atoms with Gasteiger partial charge >= 0.3 is 0 Å². The molecule has 0 radical (unpaired) electrons. The highest BCUT2D eigenvalue weighted by atomic mass is 19.1. The molecule has 0 atom stereocenters. The summed E-state index contributed by atoms with van der Waals surface area (Å²) >= 11 is 0. The van der Waals surface area contributed by atoms with Gasteiger partial charge in [-0.2, -0.15) is 0 Å². The fraction of sp³-hybridized carbons (Fsp3) is 0.0909. The molecule has 3 aromatic rings. The number of carbonyl (C=O) groups excluding carboxylic acids is 2. The van der Waals surface area contributed by atoms with Crippen LogP contribution in [-0.2, 0) is 6.42 Å². The van der Waals surface area contributed by atoms with Crippen molar-refractivity contribution in [1.82, 2.24) is 0 Å². The number of carbonyl (C=O) groups is 2. The second kappa shape index (κ2) is 7.03. The molecule has 2 amide bonds. The van der Waals surface area contributed by atoms with Crippen molar-refractivity contribution < 1.29 is 14.0 Å². The SMILES string of the molecule is O=C(Nc1ccc2c(c1)CCN2C(=O)c1ccccc1)c1cccc(F)c1. The van der Waals surface area contributed by atoms with E-state index in [-0.39, 0.29) is 17.4 Å². The van der Waals surface area contributed by atoms with Crippen LogP contribution in [0.3, 0.4) is 0 Å². The fourth-order valence-corrected chi connectivity index (χ4v) is 3.26. The minimum absolute atomic E-state index is 0.0362. The van der Waals surface area contributed by atoms with Gasteiger partial charge in [0.15, 0.2) is 0 Å². The van der Waals surface area contributed by atoms with Crippen molar-refractivity contribution in [3.63, 3.8) is 0 Å². The first kappa shape index (κ1) is 17.0. The maximum absolute atomic E-state index is 13.3. The highest BCUT2D eigenvalue weighted by Crippen LogP contribution is 2.31. The predicted molar refractivity (Wildman–Crippen MR) is 103 cm³/mol. The minimum Gasteiger partial charge on any atom is -0.322 e. The summed E-state index contributed by atoms with van der Waals surface area (Å²) in [4.78, 5) is 26.7. The van der Waals surface area contributed by atoms with Crippen LogP contribution in [0.2, 0.25) is 0 Å². The van der Waals surface area contributed by atoms with E-state index in [2.05, 4.69) is 5.32 Å². The number of benzene rings is 3. The Labute approximate surface area is 156 Å². The standard InChI is InChI=1S/C22H17FN2O2/c23-18-8-4-7-17(13-18)21(26)24-19-9-10-20-16(14-19)11-12-25(20)22(27)15-5-2-1-3-6-15/h1-10,13-14H,11-12H2,(H,24,26). The van der Waals surface area contributed by atoms with Gasteiger partial charge in [0.1, 0.15) is 5.82 Å². The Balaban J connectivity index is 1.53. The lowest BCUT2D eigenvalue weighted by Gasteiger charge is -2.17. The lowest BCUT2D eigenvalue weighted by Crippen LogP contribution is -2.28. The molecule has 0 unspecified atom stereocenters. The summed E-state index contributed by atoms with van der Waals surface area (Å²) in [5, 5.41) is 2.78. The number of hydrogen-bond donors (Lipinski definition) is 1. The molecule has 3 aromatic carbocycles. The Morgan fingerprint density at radius 2 is 1.67 bits per heavy atom. The second-order valence-corrected chi connectivity index (χ2v) is 6.38. The van der Waals surface area contributed by atoms with E-state index in [1.807, 2.05) is 30.3 Å². The molecule has 0 aromatic heterocycles. The van der Waals surface area contributed by atoms with Crippen LogP contribution in [0, 0.1) is 5.82 Å². The molecule has 0 bridgehead atoms. The summed E-state index contributed by atoms with van der Waals surface area (Å²) in [6.07, 6.45) is 0.720. The molecular weight excluding hydrogens is 343 g/mol. The van der Waals surface area contributed by atoms with Crippen molar-refractivity contribution in [3.05, 3.63) is 95.3 Å². The van der Waals surface area contributed by atoms with E-state index in [1.54, 1.807) is 29.2 Å². The largest absolute Gasteiger partial charge is 0.322 e. The Hall–Kier alpha value is -3.47. The third-order valence-corrected chi connectivity index (χ3v) is 4.59. The number of halogens is 1. The van der Waals surface area contributed by atoms with Crippen molar-refractivity contribution in [1.29, 1.82) is 0 Å². The van der Waals surface area contributed by atoms with Gasteiger partial charge in [0.05, 0.1) is 0 Å². The minimum atomic E-state index is -0.452. The zero-order valence-corrected chi connectivity index (χ0v) is 14.5. The highest BCUT2D eigenvalue weighted by molar-refractivity contribution is 6.08. The number of rotatable bonds is 3. The maximum Gasteiger partial charge on any atom is 0.258 e. The van der Waals surface area contributed by atoms with Crippen molar-refractivity contribution >= 4 is 23.2 Å². The molecule has 4 nitrogen and oxygen atoms in total. The molecule has 4 rings (SSSR count). The molecule has 5 heteroatoms. The van der Waals surface area contributed by atoms with Crippen LogP contribution < -0.4 is 10.2 Å².